The fraction of sp³-hybridized carbons (Fsp3) is 0. The van der Waals surface area contributed by atoms with E-state index in [1.807, 2.05) is 18.2 Å². The summed E-state index contributed by atoms with van der Waals surface area (Å²) in [7, 11) is 0. The number of H-pyrrole nitrogens is 1. The summed E-state index contributed by atoms with van der Waals surface area (Å²) in [4.78, 5) is 9.05. The third-order valence-corrected chi connectivity index (χ3v) is 4.30. The first-order valence-corrected chi connectivity index (χ1v) is 7.51. The van der Waals surface area contributed by atoms with Crippen molar-refractivity contribution in [2.24, 2.45) is 0 Å². The highest BCUT2D eigenvalue weighted by Gasteiger charge is 2.05. The molecule has 0 aliphatic carbocycles. The van der Waals surface area contributed by atoms with Crippen molar-refractivity contribution in [3.05, 3.63) is 60.7 Å². The summed E-state index contributed by atoms with van der Waals surface area (Å²) in [5.74, 6) is 0. The Kier molecular flexibility index (Phi) is 2.82. The second kappa shape index (κ2) is 4.82. The average Bonchev–Trinajstić information content (AvgIpc) is 2.88. The molecule has 0 saturated carbocycles. The van der Waals surface area contributed by atoms with Gasteiger partial charge in [0.05, 0.1) is 11.0 Å². The fourth-order valence-electron chi connectivity index (χ4n) is 2.39. The first-order valence-electron chi connectivity index (χ1n) is 6.70. The Morgan fingerprint density at radius 3 is 2.67 bits per heavy atom. The minimum absolute atomic E-state index is 0.744. The van der Waals surface area contributed by atoms with E-state index in [0.717, 1.165) is 21.9 Å². The Balaban J connectivity index is 1.71. The number of benzene rings is 3. The second-order valence-electron chi connectivity index (χ2n) is 4.93. The van der Waals surface area contributed by atoms with Crippen LogP contribution in [0.4, 0.5) is 5.69 Å². The SMILES string of the molecule is Nc1ccc2nc(Sc3ccc4ccccc4c3)[nH]c2c1. The van der Waals surface area contributed by atoms with Crippen LogP contribution in [0.2, 0.25) is 0 Å². The summed E-state index contributed by atoms with van der Waals surface area (Å²) in [5.41, 5.74) is 8.45. The lowest BCUT2D eigenvalue weighted by molar-refractivity contribution is 1.08. The lowest BCUT2D eigenvalue weighted by atomic mass is 10.1. The number of fused-ring (bicyclic) bond motifs is 2. The normalized spacial score (nSPS) is 11.2. The summed E-state index contributed by atoms with van der Waals surface area (Å²) >= 11 is 1.63. The summed E-state index contributed by atoms with van der Waals surface area (Å²) in [6, 6.07) is 20.5. The molecule has 0 unspecified atom stereocenters. The van der Waals surface area contributed by atoms with E-state index in [1.54, 1.807) is 11.8 Å². The standard InChI is InChI=1S/C17H13N3S/c18-13-6-8-15-16(10-13)20-17(19-15)21-14-7-5-11-3-1-2-4-12(11)9-14/h1-10H,18H2,(H,19,20). The molecule has 0 atom stereocenters. The van der Waals surface area contributed by atoms with Gasteiger partial charge in [-0.05, 0) is 41.1 Å². The maximum absolute atomic E-state index is 5.79. The number of nitrogens with one attached hydrogen (secondary N) is 1. The van der Waals surface area contributed by atoms with Crippen LogP contribution in [0.25, 0.3) is 21.8 Å². The molecule has 1 aromatic heterocycles. The van der Waals surface area contributed by atoms with Crippen molar-refractivity contribution in [3.63, 3.8) is 0 Å². The predicted molar refractivity (Wildman–Crippen MR) is 88.6 cm³/mol. The number of nitrogen functional groups attached to an aromatic ring is 1. The quantitative estimate of drug-likeness (QED) is 0.536. The van der Waals surface area contributed by atoms with Gasteiger partial charge in [0, 0.05) is 10.6 Å². The number of aromatic amines is 1. The Labute approximate surface area is 126 Å². The number of anilines is 1. The van der Waals surface area contributed by atoms with Gasteiger partial charge < -0.3 is 10.7 Å². The molecule has 4 heteroatoms. The van der Waals surface area contributed by atoms with E-state index < -0.39 is 0 Å². The molecule has 0 radical (unpaired) electrons. The first kappa shape index (κ1) is 12.3. The molecular weight excluding hydrogens is 278 g/mol. The van der Waals surface area contributed by atoms with E-state index in [0.29, 0.717) is 0 Å². The van der Waals surface area contributed by atoms with E-state index in [2.05, 4.69) is 52.4 Å². The minimum atomic E-state index is 0.744. The minimum Gasteiger partial charge on any atom is -0.399 e. The fourth-order valence-corrected chi connectivity index (χ4v) is 3.24. The maximum Gasteiger partial charge on any atom is 0.171 e. The molecule has 0 bridgehead atoms. The summed E-state index contributed by atoms with van der Waals surface area (Å²) in [6.45, 7) is 0. The molecule has 0 aliphatic rings. The number of aromatic nitrogens is 2. The first-order chi connectivity index (χ1) is 10.3. The largest absolute Gasteiger partial charge is 0.399 e. The van der Waals surface area contributed by atoms with Crippen LogP contribution in [0, 0.1) is 0 Å². The van der Waals surface area contributed by atoms with Crippen molar-refractivity contribution in [2.45, 2.75) is 10.1 Å². The molecule has 1 heterocycles. The van der Waals surface area contributed by atoms with Crippen molar-refractivity contribution < 1.29 is 0 Å². The van der Waals surface area contributed by atoms with E-state index in [-0.39, 0.29) is 0 Å². The molecule has 3 N–H and O–H groups in total. The number of nitrogens with two attached hydrogens (primary N) is 1. The molecule has 0 fully saturated rings. The molecular formula is C17H13N3S. The summed E-state index contributed by atoms with van der Waals surface area (Å²) < 4.78 is 0. The number of hydrogen-bond donors (Lipinski definition) is 2. The number of nitrogens with zero attached hydrogens (tertiary/aromatic N) is 1. The Morgan fingerprint density at radius 2 is 1.76 bits per heavy atom. The molecule has 0 aliphatic heterocycles. The van der Waals surface area contributed by atoms with Crippen LogP contribution in [0.5, 0.6) is 0 Å². The van der Waals surface area contributed by atoms with Gasteiger partial charge in [0.15, 0.2) is 5.16 Å². The van der Waals surface area contributed by atoms with Crippen molar-refractivity contribution >= 4 is 39.3 Å². The molecule has 0 spiro atoms. The van der Waals surface area contributed by atoms with Gasteiger partial charge in [-0.1, -0.05) is 42.1 Å². The molecule has 0 saturated heterocycles. The number of rotatable bonds is 2. The third kappa shape index (κ3) is 2.34. The average molecular weight is 291 g/mol. The summed E-state index contributed by atoms with van der Waals surface area (Å²) in [5, 5.41) is 3.37. The zero-order valence-corrected chi connectivity index (χ0v) is 12.0. The van der Waals surface area contributed by atoms with Gasteiger partial charge in [-0.15, -0.1) is 0 Å². The molecule has 102 valence electrons. The van der Waals surface area contributed by atoms with E-state index >= 15 is 0 Å². The molecule has 4 rings (SSSR count). The lowest BCUT2D eigenvalue weighted by Gasteiger charge is -2.01. The number of hydrogen-bond acceptors (Lipinski definition) is 3. The Bertz CT molecular complexity index is 943. The molecule has 3 nitrogen and oxygen atoms in total. The lowest BCUT2D eigenvalue weighted by Crippen LogP contribution is -1.82. The summed E-state index contributed by atoms with van der Waals surface area (Å²) in [6.07, 6.45) is 0. The van der Waals surface area contributed by atoms with E-state index in [4.69, 9.17) is 5.73 Å². The predicted octanol–water partition coefficient (Wildman–Crippen LogP) is 4.45. The van der Waals surface area contributed by atoms with Gasteiger partial charge in [-0.2, -0.15) is 0 Å². The molecule has 4 aromatic rings. The van der Waals surface area contributed by atoms with Gasteiger partial charge in [-0.25, -0.2) is 4.98 Å². The molecule has 21 heavy (non-hydrogen) atoms. The molecule has 3 aromatic carbocycles. The van der Waals surface area contributed by atoms with Crippen molar-refractivity contribution in [3.8, 4) is 0 Å². The van der Waals surface area contributed by atoms with Crippen LogP contribution in [0.3, 0.4) is 0 Å². The van der Waals surface area contributed by atoms with Crippen LogP contribution in [0.15, 0.2) is 70.7 Å². The zero-order valence-electron chi connectivity index (χ0n) is 11.2. The van der Waals surface area contributed by atoms with Gasteiger partial charge >= 0.3 is 0 Å². The smallest absolute Gasteiger partial charge is 0.171 e. The van der Waals surface area contributed by atoms with Gasteiger partial charge in [-0.3, -0.25) is 0 Å². The van der Waals surface area contributed by atoms with Crippen molar-refractivity contribution in [2.75, 3.05) is 5.73 Å². The third-order valence-electron chi connectivity index (χ3n) is 3.42. The highest BCUT2D eigenvalue weighted by atomic mass is 32.2. The van der Waals surface area contributed by atoms with Crippen LogP contribution in [-0.4, -0.2) is 9.97 Å². The zero-order chi connectivity index (χ0) is 14.2. The topological polar surface area (TPSA) is 54.7 Å². The second-order valence-corrected chi connectivity index (χ2v) is 5.99. The Hall–Kier alpha value is -2.46. The van der Waals surface area contributed by atoms with Crippen molar-refractivity contribution in [1.29, 1.82) is 0 Å². The number of imidazole rings is 1. The van der Waals surface area contributed by atoms with Crippen LogP contribution in [-0.2, 0) is 0 Å². The van der Waals surface area contributed by atoms with E-state index in [9.17, 15) is 0 Å². The van der Waals surface area contributed by atoms with E-state index in [1.165, 1.54) is 15.7 Å². The van der Waals surface area contributed by atoms with Gasteiger partial charge in [0.25, 0.3) is 0 Å². The highest BCUT2D eigenvalue weighted by Crippen LogP contribution is 2.30. The Morgan fingerprint density at radius 1 is 0.905 bits per heavy atom. The van der Waals surface area contributed by atoms with Crippen LogP contribution >= 0.6 is 11.8 Å². The monoisotopic (exact) mass is 291 g/mol. The van der Waals surface area contributed by atoms with Gasteiger partial charge in [0.1, 0.15) is 0 Å². The maximum atomic E-state index is 5.79. The van der Waals surface area contributed by atoms with Crippen LogP contribution in [0.1, 0.15) is 0 Å². The van der Waals surface area contributed by atoms with Gasteiger partial charge in [0.2, 0.25) is 0 Å². The van der Waals surface area contributed by atoms with Crippen LogP contribution < -0.4 is 5.73 Å². The highest BCUT2D eigenvalue weighted by molar-refractivity contribution is 7.99. The van der Waals surface area contributed by atoms with Crippen molar-refractivity contribution in [1.82, 2.24) is 9.97 Å². The molecule has 0 amide bonds.